The molecule has 0 radical (unpaired) electrons. The van der Waals surface area contributed by atoms with Crippen molar-refractivity contribution in [3.8, 4) is 17.0 Å². The van der Waals surface area contributed by atoms with Gasteiger partial charge in [0, 0.05) is 12.5 Å². The zero-order valence-electron chi connectivity index (χ0n) is 8.44. The molecule has 5 heteroatoms. The standard InChI is InChI=1S/C11H8ClNO2S/c1-7(14)15-9-4-2-8(3-5-9)10-6-11(12)16-13-10/h2-6H,1H3. The molecule has 0 aliphatic carbocycles. The van der Waals surface area contributed by atoms with Crippen LogP contribution in [0, 0.1) is 0 Å². The SMILES string of the molecule is CC(=O)Oc1ccc(-c2cc(Cl)sn2)cc1. The summed E-state index contributed by atoms with van der Waals surface area (Å²) in [5, 5.41) is 0. The largest absolute Gasteiger partial charge is 0.427 e. The van der Waals surface area contributed by atoms with Gasteiger partial charge in [-0.3, -0.25) is 4.79 Å². The molecule has 0 saturated carbocycles. The Balaban J connectivity index is 2.22. The van der Waals surface area contributed by atoms with E-state index in [0.29, 0.717) is 10.1 Å². The van der Waals surface area contributed by atoms with Gasteiger partial charge < -0.3 is 4.74 Å². The number of esters is 1. The van der Waals surface area contributed by atoms with Gasteiger partial charge in [0.2, 0.25) is 0 Å². The summed E-state index contributed by atoms with van der Waals surface area (Å²) >= 11 is 7.04. The molecule has 1 heterocycles. The predicted molar refractivity (Wildman–Crippen MR) is 63.9 cm³/mol. The second-order valence-corrected chi connectivity index (χ2v) is 4.57. The molecule has 0 unspecified atom stereocenters. The number of halogens is 1. The zero-order valence-corrected chi connectivity index (χ0v) is 10.0. The molecule has 0 aliphatic rings. The first-order chi connectivity index (χ1) is 7.65. The number of carbonyl (C=O) groups excluding carboxylic acids is 1. The Morgan fingerprint density at radius 2 is 2.06 bits per heavy atom. The molecule has 82 valence electrons. The fourth-order valence-corrected chi connectivity index (χ4v) is 1.96. The van der Waals surface area contributed by atoms with Gasteiger partial charge in [-0.25, -0.2) is 0 Å². The van der Waals surface area contributed by atoms with Crippen LogP contribution in [0.1, 0.15) is 6.92 Å². The van der Waals surface area contributed by atoms with Crippen LogP contribution >= 0.6 is 23.1 Å². The third-order valence-electron chi connectivity index (χ3n) is 1.89. The van der Waals surface area contributed by atoms with E-state index in [1.54, 1.807) is 18.2 Å². The minimum atomic E-state index is -0.329. The molecule has 3 nitrogen and oxygen atoms in total. The van der Waals surface area contributed by atoms with Crippen LogP contribution in [-0.2, 0) is 4.79 Å². The van der Waals surface area contributed by atoms with Crippen molar-refractivity contribution in [1.29, 1.82) is 0 Å². The van der Waals surface area contributed by atoms with E-state index in [0.717, 1.165) is 11.3 Å². The third kappa shape index (κ3) is 2.59. The molecule has 2 rings (SSSR count). The maximum Gasteiger partial charge on any atom is 0.308 e. The number of ether oxygens (including phenoxy) is 1. The van der Waals surface area contributed by atoms with Crippen molar-refractivity contribution in [1.82, 2.24) is 4.37 Å². The van der Waals surface area contributed by atoms with Gasteiger partial charge in [0.1, 0.15) is 10.1 Å². The van der Waals surface area contributed by atoms with E-state index in [2.05, 4.69) is 4.37 Å². The van der Waals surface area contributed by atoms with Gasteiger partial charge in [0.15, 0.2) is 0 Å². The maximum atomic E-state index is 10.7. The van der Waals surface area contributed by atoms with E-state index in [1.807, 2.05) is 12.1 Å². The molecule has 0 aliphatic heterocycles. The van der Waals surface area contributed by atoms with Gasteiger partial charge in [0.05, 0.1) is 5.69 Å². The Labute approximate surface area is 102 Å². The monoisotopic (exact) mass is 253 g/mol. The van der Waals surface area contributed by atoms with E-state index >= 15 is 0 Å². The first-order valence-electron chi connectivity index (χ1n) is 4.56. The Bertz CT molecular complexity index is 507. The average molecular weight is 254 g/mol. The van der Waals surface area contributed by atoms with Crippen LogP contribution in [0.4, 0.5) is 0 Å². The fraction of sp³-hybridized carbons (Fsp3) is 0.0909. The molecule has 0 N–H and O–H groups in total. The van der Waals surface area contributed by atoms with Crippen molar-refractivity contribution in [2.75, 3.05) is 0 Å². The van der Waals surface area contributed by atoms with Gasteiger partial charge in [-0.1, -0.05) is 11.6 Å². The minimum Gasteiger partial charge on any atom is -0.427 e. The molecule has 0 amide bonds. The molecular formula is C11H8ClNO2S. The highest BCUT2D eigenvalue weighted by Gasteiger charge is 2.04. The van der Waals surface area contributed by atoms with Crippen LogP contribution in [0.15, 0.2) is 30.3 Å². The van der Waals surface area contributed by atoms with Crippen LogP contribution in [-0.4, -0.2) is 10.3 Å². The fourth-order valence-electron chi connectivity index (χ4n) is 1.25. The molecular weight excluding hydrogens is 246 g/mol. The van der Waals surface area contributed by atoms with Crippen molar-refractivity contribution >= 4 is 29.1 Å². The summed E-state index contributed by atoms with van der Waals surface area (Å²) in [4.78, 5) is 10.7. The van der Waals surface area contributed by atoms with Gasteiger partial charge in [-0.2, -0.15) is 4.37 Å². The summed E-state index contributed by atoms with van der Waals surface area (Å²) in [6, 6.07) is 8.92. The van der Waals surface area contributed by atoms with E-state index in [-0.39, 0.29) is 5.97 Å². The summed E-state index contributed by atoms with van der Waals surface area (Å²) < 4.78 is 9.76. The lowest BCUT2D eigenvalue weighted by atomic mass is 10.1. The smallest absolute Gasteiger partial charge is 0.308 e. The Morgan fingerprint density at radius 1 is 1.38 bits per heavy atom. The normalized spacial score (nSPS) is 10.1. The second kappa shape index (κ2) is 4.63. The average Bonchev–Trinajstić information content (AvgIpc) is 2.65. The van der Waals surface area contributed by atoms with Crippen molar-refractivity contribution in [2.24, 2.45) is 0 Å². The second-order valence-electron chi connectivity index (χ2n) is 3.13. The maximum absolute atomic E-state index is 10.7. The highest BCUT2D eigenvalue weighted by molar-refractivity contribution is 7.10. The molecule has 0 saturated heterocycles. The first kappa shape index (κ1) is 11.1. The number of hydrogen-bond acceptors (Lipinski definition) is 4. The molecule has 2 aromatic rings. The summed E-state index contributed by atoms with van der Waals surface area (Å²) in [6.45, 7) is 1.37. The lowest BCUT2D eigenvalue weighted by Gasteiger charge is -2.01. The number of carbonyl (C=O) groups is 1. The van der Waals surface area contributed by atoms with Crippen LogP contribution in [0.25, 0.3) is 11.3 Å². The third-order valence-corrected chi connectivity index (χ3v) is 2.79. The number of benzene rings is 1. The van der Waals surface area contributed by atoms with E-state index < -0.39 is 0 Å². The molecule has 0 spiro atoms. The Kier molecular flexibility index (Phi) is 3.22. The number of rotatable bonds is 2. The lowest BCUT2D eigenvalue weighted by molar-refractivity contribution is -0.131. The lowest BCUT2D eigenvalue weighted by Crippen LogP contribution is -2.00. The topological polar surface area (TPSA) is 39.2 Å². The summed E-state index contributed by atoms with van der Waals surface area (Å²) in [7, 11) is 0. The predicted octanol–water partition coefficient (Wildman–Crippen LogP) is 3.39. The van der Waals surface area contributed by atoms with Crippen molar-refractivity contribution in [3.63, 3.8) is 0 Å². The van der Waals surface area contributed by atoms with E-state index in [4.69, 9.17) is 16.3 Å². The van der Waals surface area contributed by atoms with Gasteiger partial charge >= 0.3 is 5.97 Å². The zero-order chi connectivity index (χ0) is 11.5. The molecule has 16 heavy (non-hydrogen) atoms. The molecule has 1 aromatic heterocycles. The van der Waals surface area contributed by atoms with Crippen LogP contribution in [0.5, 0.6) is 5.75 Å². The Hall–Kier alpha value is -1.39. The first-order valence-corrected chi connectivity index (χ1v) is 5.71. The highest BCUT2D eigenvalue weighted by Crippen LogP contribution is 2.26. The molecule has 1 aromatic carbocycles. The van der Waals surface area contributed by atoms with Crippen LogP contribution in [0.3, 0.4) is 0 Å². The van der Waals surface area contributed by atoms with Gasteiger partial charge in [0.25, 0.3) is 0 Å². The summed E-state index contributed by atoms with van der Waals surface area (Å²) in [5.41, 5.74) is 1.77. The number of nitrogens with zero attached hydrogens (tertiary/aromatic N) is 1. The minimum absolute atomic E-state index is 0.329. The summed E-state index contributed by atoms with van der Waals surface area (Å²) in [5.74, 6) is 0.196. The van der Waals surface area contributed by atoms with E-state index in [1.165, 1.54) is 18.5 Å². The molecule has 0 bridgehead atoms. The van der Waals surface area contributed by atoms with Crippen molar-refractivity contribution in [2.45, 2.75) is 6.92 Å². The highest BCUT2D eigenvalue weighted by atomic mass is 35.5. The molecule has 0 atom stereocenters. The molecule has 0 fully saturated rings. The Morgan fingerprint density at radius 3 is 2.56 bits per heavy atom. The van der Waals surface area contributed by atoms with Crippen molar-refractivity contribution in [3.05, 3.63) is 34.7 Å². The summed E-state index contributed by atoms with van der Waals surface area (Å²) in [6.07, 6.45) is 0. The number of hydrogen-bond donors (Lipinski definition) is 0. The quantitative estimate of drug-likeness (QED) is 0.608. The number of aromatic nitrogens is 1. The van der Waals surface area contributed by atoms with Gasteiger partial charge in [-0.05, 0) is 41.9 Å². The van der Waals surface area contributed by atoms with E-state index in [9.17, 15) is 4.79 Å². The van der Waals surface area contributed by atoms with Crippen LogP contribution < -0.4 is 4.74 Å². The van der Waals surface area contributed by atoms with Crippen molar-refractivity contribution < 1.29 is 9.53 Å². The van der Waals surface area contributed by atoms with Crippen LogP contribution in [0.2, 0.25) is 4.34 Å². The van der Waals surface area contributed by atoms with Gasteiger partial charge in [-0.15, -0.1) is 0 Å².